The molecule has 0 unspecified atom stereocenters. The highest BCUT2D eigenvalue weighted by atomic mass is 32.3. The predicted molar refractivity (Wildman–Crippen MR) is 86.6 cm³/mol. The van der Waals surface area contributed by atoms with Crippen molar-refractivity contribution in [3.05, 3.63) is 17.5 Å². The van der Waals surface area contributed by atoms with Gasteiger partial charge in [-0.3, -0.25) is 4.31 Å². The Morgan fingerprint density at radius 1 is 1.15 bits per heavy atom. The molecule has 5 nitrogen and oxygen atoms in total. The summed E-state index contributed by atoms with van der Waals surface area (Å²) in [5.74, 6) is 0.918. The van der Waals surface area contributed by atoms with Gasteiger partial charge in [0.05, 0.1) is 5.69 Å². The fraction of sp³-hybridized carbons (Fsp3) is 0.714. The Hall–Kier alpha value is -0.850. The summed E-state index contributed by atoms with van der Waals surface area (Å²) >= 11 is 0. The number of anilines is 1. The van der Waals surface area contributed by atoms with Gasteiger partial charge >= 0.3 is 0 Å². The summed E-state index contributed by atoms with van der Waals surface area (Å²) in [6.07, 6.45) is 10.2. The summed E-state index contributed by atoms with van der Waals surface area (Å²) < 4.78 is 2.59. The first-order valence-electron chi connectivity index (χ1n) is 7.28. The van der Waals surface area contributed by atoms with Gasteiger partial charge in [-0.25, -0.2) is 9.97 Å². The molecule has 2 aliphatic heterocycles. The van der Waals surface area contributed by atoms with Gasteiger partial charge in [-0.1, -0.05) is 0 Å². The van der Waals surface area contributed by atoms with Crippen LogP contribution in [0.25, 0.3) is 0 Å². The third-order valence-electron chi connectivity index (χ3n) is 4.06. The van der Waals surface area contributed by atoms with Crippen LogP contribution in [0.5, 0.6) is 0 Å². The van der Waals surface area contributed by atoms with E-state index in [9.17, 15) is 0 Å². The molecule has 1 aromatic rings. The van der Waals surface area contributed by atoms with E-state index in [0.29, 0.717) is 0 Å². The molecule has 20 heavy (non-hydrogen) atoms. The Bertz CT molecular complexity index is 479. The molecular formula is C14H25N5S. The first-order valence-corrected chi connectivity index (χ1v) is 10.1. The van der Waals surface area contributed by atoms with Crippen molar-refractivity contribution in [2.24, 2.45) is 0 Å². The largest absolute Gasteiger partial charge is 0.338 e. The maximum Gasteiger partial charge on any atom is 0.225 e. The van der Waals surface area contributed by atoms with E-state index in [4.69, 9.17) is 4.98 Å². The molecule has 0 aliphatic carbocycles. The normalized spacial score (nSPS) is 21.6. The van der Waals surface area contributed by atoms with Crippen molar-refractivity contribution in [3.63, 3.8) is 0 Å². The van der Waals surface area contributed by atoms with Crippen LogP contribution in [-0.2, 0) is 13.0 Å². The summed E-state index contributed by atoms with van der Waals surface area (Å²) in [6.45, 7) is 6.22. The number of hydrogen-bond donors (Lipinski definition) is 1. The van der Waals surface area contributed by atoms with Crippen LogP contribution in [0.2, 0.25) is 0 Å². The zero-order chi connectivity index (χ0) is 14.2. The van der Waals surface area contributed by atoms with Crippen molar-refractivity contribution < 1.29 is 0 Å². The Balaban J connectivity index is 1.78. The van der Waals surface area contributed by atoms with E-state index in [2.05, 4.69) is 44.5 Å². The van der Waals surface area contributed by atoms with Crippen molar-refractivity contribution in [3.8, 4) is 0 Å². The van der Waals surface area contributed by atoms with Crippen LogP contribution in [0.4, 0.5) is 5.95 Å². The van der Waals surface area contributed by atoms with Crippen LogP contribution < -0.4 is 10.2 Å². The fourth-order valence-corrected chi connectivity index (χ4v) is 3.93. The van der Waals surface area contributed by atoms with Crippen LogP contribution >= 0.6 is 10.2 Å². The van der Waals surface area contributed by atoms with Crippen LogP contribution in [0.15, 0.2) is 6.20 Å². The minimum atomic E-state index is -0.640. The Labute approximate surface area is 123 Å². The lowest BCUT2D eigenvalue weighted by Gasteiger charge is -2.42. The molecule has 1 N–H and O–H groups in total. The van der Waals surface area contributed by atoms with Gasteiger partial charge in [0.15, 0.2) is 0 Å². The molecule has 0 amide bonds. The van der Waals surface area contributed by atoms with Crippen molar-refractivity contribution in [1.82, 2.24) is 19.6 Å². The average Bonchev–Trinajstić information content (AvgIpc) is 2.46. The first-order chi connectivity index (χ1) is 9.54. The van der Waals surface area contributed by atoms with Crippen LogP contribution in [0, 0.1) is 0 Å². The topological polar surface area (TPSA) is 44.3 Å². The van der Waals surface area contributed by atoms with Gasteiger partial charge in [0, 0.05) is 57.4 Å². The molecule has 0 saturated carbocycles. The molecule has 2 aliphatic rings. The maximum atomic E-state index is 4.82. The summed E-state index contributed by atoms with van der Waals surface area (Å²) in [4.78, 5) is 11.7. The van der Waals surface area contributed by atoms with E-state index < -0.39 is 10.2 Å². The molecule has 3 rings (SSSR count). The average molecular weight is 295 g/mol. The Kier molecular flexibility index (Phi) is 3.88. The lowest BCUT2D eigenvalue weighted by molar-refractivity contribution is 0.428. The monoisotopic (exact) mass is 295 g/mol. The van der Waals surface area contributed by atoms with Crippen molar-refractivity contribution in [2.75, 3.05) is 56.4 Å². The molecule has 112 valence electrons. The number of hydrogen-bond acceptors (Lipinski definition) is 5. The van der Waals surface area contributed by atoms with Gasteiger partial charge in [0.1, 0.15) is 0 Å². The van der Waals surface area contributed by atoms with Crippen molar-refractivity contribution >= 4 is 16.2 Å². The van der Waals surface area contributed by atoms with Crippen LogP contribution in [0.3, 0.4) is 0 Å². The number of aromatic nitrogens is 2. The lowest BCUT2D eigenvalue weighted by atomic mass is 10.1. The van der Waals surface area contributed by atoms with Gasteiger partial charge < -0.3 is 10.2 Å². The number of piperazine rings is 1. The van der Waals surface area contributed by atoms with Crippen molar-refractivity contribution in [2.45, 2.75) is 13.0 Å². The van der Waals surface area contributed by atoms with Gasteiger partial charge in [0.25, 0.3) is 0 Å². The van der Waals surface area contributed by atoms with Gasteiger partial charge in [-0.15, -0.1) is 0 Å². The van der Waals surface area contributed by atoms with Gasteiger partial charge in [0.2, 0.25) is 5.95 Å². The third kappa shape index (κ3) is 2.92. The standard InChI is InChI=1S/C14H25N5S/c1-20(2,3)19-7-4-13-12(11-19)10-16-14(17-13)18-8-5-15-6-9-18/h10,15H,4-9,11H2,1-3H3. The lowest BCUT2D eigenvalue weighted by Crippen LogP contribution is -2.44. The molecule has 6 heteroatoms. The molecule has 0 atom stereocenters. The summed E-state index contributed by atoms with van der Waals surface area (Å²) in [6, 6.07) is 0. The molecule has 0 aromatic carbocycles. The second-order valence-corrected chi connectivity index (χ2v) is 10.3. The maximum absolute atomic E-state index is 4.82. The van der Waals surface area contributed by atoms with Crippen LogP contribution in [-0.4, -0.2) is 65.8 Å². The highest BCUT2D eigenvalue weighted by molar-refractivity contribution is 8.30. The Morgan fingerprint density at radius 3 is 2.60 bits per heavy atom. The molecule has 1 saturated heterocycles. The van der Waals surface area contributed by atoms with E-state index in [1.807, 2.05) is 0 Å². The number of fused-ring (bicyclic) bond motifs is 1. The zero-order valence-electron chi connectivity index (χ0n) is 12.7. The van der Waals surface area contributed by atoms with E-state index in [1.54, 1.807) is 0 Å². The SMILES string of the molecule is CS(C)(C)N1CCc2nc(N3CCNCC3)ncc2C1. The quantitative estimate of drug-likeness (QED) is 0.876. The predicted octanol–water partition coefficient (Wildman–Crippen LogP) is 0.853. The molecule has 0 bridgehead atoms. The van der Waals surface area contributed by atoms with Gasteiger partial charge in [-0.05, 0) is 18.8 Å². The zero-order valence-corrected chi connectivity index (χ0v) is 13.5. The van der Waals surface area contributed by atoms with Crippen molar-refractivity contribution in [1.29, 1.82) is 0 Å². The summed E-state index contributed by atoms with van der Waals surface area (Å²) in [5, 5.41) is 3.37. The van der Waals surface area contributed by atoms with Gasteiger partial charge in [-0.2, -0.15) is 10.2 Å². The summed E-state index contributed by atoms with van der Waals surface area (Å²) in [7, 11) is -0.640. The highest BCUT2D eigenvalue weighted by Crippen LogP contribution is 2.42. The molecular weight excluding hydrogens is 270 g/mol. The molecule has 1 aromatic heterocycles. The third-order valence-corrected chi connectivity index (χ3v) is 5.92. The first kappa shape index (κ1) is 14.1. The Morgan fingerprint density at radius 2 is 1.90 bits per heavy atom. The minimum Gasteiger partial charge on any atom is -0.338 e. The van der Waals surface area contributed by atoms with Crippen LogP contribution in [0.1, 0.15) is 11.3 Å². The molecule has 3 heterocycles. The van der Waals surface area contributed by atoms with E-state index >= 15 is 0 Å². The number of nitrogens with one attached hydrogen (secondary N) is 1. The highest BCUT2D eigenvalue weighted by Gasteiger charge is 2.24. The molecule has 0 radical (unpaired) electrons. The smallest absolute Gasteiger partial charge is 0.225 e. The fourth-order valence-electron chi connectivity index (χ4n) is 2.76. The molecule has 0 spiro atoms. The van der Waals surface area contributed by atoms with E-state index in [1.165, 1.54) is 11.3 Å². The second-order valence-electron chi connectivity index (χ2n) is 6.26. The minimum absolute atomic E-state index is 0.640. The van der Waals surface area contributed by atoms with E-state index in [-0.39, 0.29) is 0 Å². The van der Waals surface area contributed by atoms with E-state index in [0.717, 1.165) is 51.6 Å². The number of rotatable bonds is 2. The molecule has 1 fully saturated rings. The second kappa shape index (κ2) is 5.50. The number of nitrogens with zero attached hydrogens (tertiary/aromatic N) is 4. The summed E-state index contributed by atoms with van der Waals surface area (Å²) in [5.41, 5.74) is 2.57.